The van der Waals surface area contributed by atoms with Crippen LogP contribution in [-0.4, -0.2) is 53.4 Å². The van der Waals surface area contributed by atoms with Crippen LogP contribution < -0.4 is 4.90 Å². The van der Waals surface area contributed by atoms with Gasteiger partial charge in [-0.15, -0.1) is 0 Å². The second-order valence-electron chi connectivity index (χ2n) is 9.06. The van der Waals surface area contributed by atoms with Crippen LogP contribution in [0.25, 0.3) is 0 Å². The van der Waals surface area contributed by atoms with Crippen molar-refractivity contribution in [2.24, 2.45) is 5.92 Å². The Morgan fingerprint density at radius 2 is 1.74 bits per heavy atom. The normalized spacial score (nSPS) is 22.1. The molecule has 0 N–H and O–H groups in total. The van der Waals surface area contributed by atoms with E-state index in [0.29, 0.717) is 12.5 Å². The summed E-state index contributed by atoms with van der Waals surface area (Å²) in [7, 11) is 0. The summed E-state index contributed by atoms with van der Waals surface area (Å²) in [4.78, 5) is 24.3. The van der Waals surface area contributed by atoms with Gasteiger partial charge in [0.05, 0.1) is 6.54 Å². The number of benzene rings is 1. The molecular formula is C28H33BrN4O. The van der Waals surface area contributed by atoms with E-state index in [1.807, 2.05) is 29.4 Å². The van der Waals surface area contributed by atoms with E-state index in [2.05, 4.69) is 92.3 Å². The molecule has 6 heteroatoms. The fraction of sp³-hybridized carbons (Fsp3) is 0.357. The molecule has 0 bridgehead atoms. The van der Waals surface area contributed by atoms with E-state index >= 15 is 0 Å². The lowest BCUT2D eigenvalue weighted by Crippen LogP contribution is -2.44. The van der Waals surface area contributed by atoms with Crippen molar-refractivity contribution >= 4 is 27.5 Å². The van der Waals surface area contributed by atoms with Crippen LogP contribution in [-0.2, 0) is 11.3 Å². The molecule has 34 heavy (non-hydrogen) atoms. The van der Waals surface area contributed by atoms with Gasteiger partial charge < -0.3 is 9.80 Å². The summed E-state index contributed by atoms with van der Waals surface area (Å²) >= 11 is 3.50. The molecule has 0 radical (unpaired) electrons. The molecule has 5 nitrogen and oxygen atoms in total. The second kappa shape index (κ2) is 12.1. The molecule has 4 rings (SSSR count). The van der Waals surface area contributed by atoms with E-state index < -0.39 is 0 Å². The highest BCUT2D eigenvalue weighted by Crippen LogP contribution is 2.25. The highest BCUT2D eigenvalue weighted by atomic mass is 79.9. The molecule has 2 aromatic rings. The minimum Gasteiger partial charge on any atom is -0.371 e. The number of piperidine rings is 1. The standard InChI is InChI=1S/C28H33BrN4O/c1-23-6-4-2-3-5-17-31(20-24-7-9-26(29)10-8-24)22-28(34)33(23)21-25-13-18-32(19-14-25)27-11-15-30-16-12-27/h2-12,15-16,25H,13-14,17-22H2,1H3/b4-2-,5-3+,23-6+. The first-order valence-corrected chi connectivity index (χ1v) is 12.8. The van der Waals surface area contributed by atoms with Gasteiger partial charge in [-0.3, -0.25) is 14.7 Å². The zero-order valence-corrected chi connectivity index (χ0v) is 21.4. The van der Waals surface area contributed by atoms with Crippen LogP contribution in [0.1, 0.15) is 25.3 Å². The third kappa shape index (κ3) is 6.90. The molecule has 1 aromatic carbocycles. The first-order chi connectivity index (χ1) is 16.6. The summed E-state index contributed by atoms with van der Waals surface area (Å²) in [5.74, 6) is 0.670. The van der Waals surface area contributed by atoms with Crippen molar-refractivity contribution < 1.29 is 4.79 Å². The zero-order chi connectivity index (χ0) is 23.8. The Balaban J connectivity index is 1.42. The van der Waals surface area contributed by atoms with Crippen LogP contribution in [0.4, 0.5) is 5.69 Å². The topological polar surface area (TPSA) is 39.7 Å². The first kappa shape index (κ1) is 24.4. The van der Waals surface area contributed by atoms with Gasteiger partial charge in [0.2, 0.25) is 5.91 Å². The van der Waals surface area contributed by atoms with E-state index in [9.17, 15) is 4.79 Å². The minimum absolute atomic E-state index is 0.172. The van der Waals surface area contributed by atoms with E-state index in [0.717, 1.165) is 55.7 Å². The van der Waals surface area contributed by atoms with E-state index in [1.54, 1.807) is 0 Å². The molecule has 0 aliphatic carbocycles. The Morgan fingerprint density at radius 3 is 2.47 bits per heavy atom. The van der Waals surface area contributed by atoms with Gasteiger partial charge >= 0.3 is 0 Å². The van der Waals surface area contributed by atoms with Crippen LogP contribution in [0.5, 0.6) is 0 Å². The number of halogens is 1. The number of aromatic nitrogens is 1. The lowest BCUT2D eigenvalue weighted by atomic mass is 9.95. The number of hydrogen-bond donors (Lipinski definition) is 0. The van der Waals surface area contributed by atoms with E-state index in [-0.39, 0.29) is 5.91 Å². The van der Waals surface area contributed by atoms with Crippen molar-refractivity contribution in [1.82, 2.24) is 14.8 Å². The van der Waals surface area contributed by atoms with Gasteiger partial charge in [0.25, 0.3) is 0 Å². The number of carbonyl (C=O) groups is 1. The number of amides is 1. The van der Waals surface area contributed by atoms with Crippen molar-refractivity contribution in [2.75, 3.05) is 37.6 Å². The molecule has 1 aromatic heterocycles. The quantitative estimate of drug-likeness (QED) is 0.527. The van der Waals surface area contributed by atoms with Crippen LogP contribution in [0.2, 0.25) is 0 Å². The molecule has 0 saturated carbocycles. The highest BCUT2D eigenvalue weighted by Gasteiger charge is 2.26. The fourth-order valence-electron chi connectivity index (χ4n) is 4.58. The molecule has 0 spiro atoms. The lowest BCUT2D eigenvalue weighted by Gasteiger charge is -2.36. The maximum Gasteiger partial charge on any atom is 0.240 e. The largest absolute Gasteiger partial charge is 0.371 e. The molecule has 3 heterocycles. The van der Waals surface area contributed by atoms with Gasteiger partial charge in [-0.25, -0.2) is 0 Å². The van der Waals surface area contributed by atoms with Crippen LogP contribution in [0.3, 0.4) is 0 Å². The monoisotopic (exact) mass is 520 g/mol. The van der Waals surface area contributed by atoms with Crippen LogP contribution in [0, 0.1) is 5.92 Å². The average molecular weight is 522 g/mol. The Bertz CT molecular complexity index is 1020. The zero-order valence-electron chi connectivity index (χ0n) is 19.8. The molecule has 1 fully saturated rings. The number of hydrogen-bond acceptors (Lipinski definition) is 4. The van der Waals surface area contributed by atoms with Crippen molar-refractivity contribution in [3.8, 4) is 0 Å². The van der Waals surface area contributed by atoms with Gasteiger partial charge in [0.1, 0.15) is 0 Å². The Morgan fingerprint density at radius 1 is 1.00 bits per heavy atom. The van der Waals surface area contributed by atoms with Crippen LogP contribution >= 0.6 is 15.9 Å². The average Bonchev–Trinajstić information content (AvgIpc) is 2.88. The predicted molar refractivity (Wildman–Crippen MR) is 142 cm³/mol. The van der Waals surface area contributed by atoms with E-state index in [4.69, 9.17) is 0 Å². The first-order valence-electron chi connectivity index (χ1n) is 12.0. The maximum atomic E-state index is 13.5. The van der Waals surface area contributed by atoms with Crippen molar-refractivity contribution in [3.05, 3.63) is 94.9 Å². The molecule has 178 valence electrons. The van der Waals surface area contributed by atoms with Gasteiger partial charge in [-0.05, 0) is 61.6 Å². The second-order valence-corrected chi connectivity index (χ2v) is 9.97. The molecular weight excluding hydrogens is 488 g/mol. The minimum atomic E-state index is 0.172. The lowest BCUT2D eigenvalue weighted by molar-refractivity contribution is -0.131. The smallest absolute Gasteiger partial charge is 0.240 e. The Kier molecular flexibility index (Phi) is 8.72. The van der Waals surface area contributed by atoms with Crippen LogP contribution in [0.15, 0.2) is 89.3 Å². The van der Waals surface area contributed by atoms with E-state index in [1.165, 1.54) is 11.3 Å². The highest BCUT2D eigenvalue weighted by molar-refractivity contribution is 9.10. The molecule has 0 atom stereocenters. The van der Waals surface area contributed by atoms with Gasteiger partial charge in [0, 0.05) is 61.0 Å². The number of nitrogens with zero attached hydrogens (tertiary/aromatic N) is 4. The number of pyridine rings is 1. The summed E-state index contributed by atoms with van der Waals surface area (Å²) in [6.45, 7) is 6.74. The number of anilines is 1. The molecule has 0 unspecified atom stereocenters. The number of rotatable bonds is 5. The third-order valence-corrected chi connectivity index (χ3v) is 7.08. The summed E-state index contributed by atoms with van der Waals surface area (Å²) in [6, 6.07) is 12.5. The number of allylic oxidation sites excluding steroid dienone is 5. The van der Waals surface area contributed by atoms with Gasteiger partial charge in [-0.2, -0.15) is 0 Å². The molecule has 2 aliphatic heterocycles. The maximum absolute atomic E-state index is 13.5. The predicted octanol–water partition coefficient (Wildman–Crippen LogP) is 5.42. The molecule has 1 saturated heterocycles. The van der Waals surface area contributed by atoms with Gasteiger partial charge in [-0.1, -0.05) is 52.4 Å². The summed E-state index contributed by atoms with van der Waals surface area (Å²) in [5, 5.41) is 0. The number of carbonyl (C=O) groups excluding carboxylic acids is 1. The fourth-order valence-corrected chi connectivity index (χ4v) is 4.84. The summed E-state index contributed by atoms with van der Waals surface area (Å²) < 4.78 is 1.07. The summed E-state index contributed by atoms with van der Waals surface area (Å²) in [5.41, 5.74) is 3.45. The Labute approximate surface area is 211 Å². The van der Waals surface area contributed by atoms with Gasteiger partial charge in [0.15, 0.2) is 0 Å². The summed E-state index contributed by atoms with van der Waals surface area (Å²) in [6.07, 6.45) is 16.2. The van der Waals surface area contributed by atoms with Crippen molar-refractivity contribution in [1.29, 1.82) is 0 Å². The van der Waals surface area contributed by atoms with Crippen molar-refractivity contribution in [3.63, 3.8) is 0 Å². The molecule has 1 amide bonds. The SMILES string of the molecule is C\C1=C/C=C\C=C\CN(Cc2ccc(Br)cc2)CC(=O)N1CC1CCN(c2ccncc2)CC1. The molecule has 2 aliphatic rings. The third-order valence-electron chi connectivity index (χ3n) is 6.55. The Hall–Kier alpha value is -2.70. The van der Waals surface area contributed by atoms with Crippen molar-refractivity contribution in [2.45, 2.75) is 26.3 Å².